The Hall–Kier alpha value is -1.75. The number of nitrogens with zero attached hydrogens (tertiary/aromatic N) is 1. The molecule has 1 N–H and O–H groups in total. The molecular formula is C21H24N2O2S. The minimum absolute atomic E-state index is 0.373. The molecule has 1 aromatic heterocycles. The molecule has 4 fully saturated rings. The molecule has 4 aliphatic carbocycles. The van der Waals surface area contributed by atoms with Crippen molar-refractivity contribution in [2.75, 3.05) is 18.5 Å². The predicted molar refractivity (Wildman–Crippen MR) is 103 cm³/mol. The van der Waals surface area contributed by atoms with E-state index >= 15 is 0 Å². The molecule has 0 spiro atoms. The van der Waals surface area contributed by atoms with Gasteiger partial charge < -0.3 is 14.8 Å². The van der Waals surface area contributed by atoms with Crippen molar-refractivity contribution in [3.05, 3.63) is 29.3 Å². The third-order valence-corrected chi connectivity index (χ3v) is 7.64. The van der Waals surface area contributed by atoms with Crippen molar-refractivity contribution >= 4 is 22.2 Å². The standard InChI is InChI=1S/C21H24N2O2S/c1-2-17-18(25-4-3-24-17)8-16(1)22-20-23-19(12-26-20)21-9-13-5-14(10-21)7-15(6-13)11-21/h1-2,8,12-15H,3-7,9-11H2,(H,22,23). The molecule has 0 unspecified atom stereocenters. The van der Waals surface area contributed by atoms with Gasteiger partial charge in [0, 0.05) is 22.5 Å². The van der Waals surface area contributed by atoms with Crippen molar-refractivity contribution in [1.82, 2.24) is 4.98 Å². The molecule has 0 amide bonds. The lowest BCUT2D eigenvalue weighted by atomic mass is 9.49. The SMILES string of the molecule is c1cc2c(cc1Nc1nc(C34CC5CC(CC(C5)C3)C4)cs1)OCCO2. The zero-order valence-corrected chi connectivity index (χ0v) is 15.7. The van der Waals surface area contributed by atoms with Crippen LogP contribution >= 0.6 is 11.3 Å². The molecule has 0 radical (unpaired) electrons. The van der Waals surface area contributed by atoms with E-state index < -0.39 is 0 Å². The summed E-state index contributed by atoms with van der Waals surface area (Å²) in [6.07, 6.45) is 8.54. The van der Waals surface area contributed by atoms with E-state index in [2.05, 4.69) is 10.7 Å². The molecule has 5 aliphatic rings. The molecule has 0 saturated heterocycles. The van der Waals surface area contributed by atoms with E-state index in [1.165, 1.54) is 44.2 Å². The fourth-order valence-electron chi connectivity index (χ4n) is 6.24. The van der Waals surface area contributed by atoms with Crippen molar-refractivity contribution < 1.29 is 9.47 Å². The van der Waals surface area contributed by atoms with Crippen LogP contribution in [0.1, 0.15) is 44.2 Å². The molecule has 2 aromatic rings. The minimum atomic E-state index is 0.373. The van der Waals surface area contributed by atoms with Gasteiger partial charge in [-0.15, -0.1) is 11.3 Å². The summed E-state index contributed by atoms with van der Waals surface area (Å²) >= 11 is 1.74. The van der Waals surface area contributed by atoms with E-state index in [0.29, 0.717) is 18.6 Å². The smallest absolute Gasteiger partial charge is 0.187 e. The molecule has 26 heavy (non-hydrogen) atoms. The van der Waals surface area contributed by atoms with Crippen LogP contribution in [0.5, 0.6) is 11.5 Å². The lowest BCUT2D eigenvalue weighted by Crippen LogP contribution is -2.48. The average molecular weight is 369 g/mol. The predicted octanol–water partition coefficient (Wildman–Crippen LogP) is 5.13. The molecule has 136 valence electrons. The minimum Gasteiger partial charge on any atom is -0.486 e. The van der Waals surface area contributed by atoms with Crippen molar-refractivity contribution in [3.8, 4) is 11.5 Å². The summed E-state index contributed by atoms with van der Waals surface area (Å²) in [6.45, 7) is 1.24. The second-order valence-electron chi connectivity index (χ2n) is 8.72. The second-order valence-corrected chi connectivity index (χ2v) is 9.58. The van der Waals surface area contributed by atoms with Crippen LogP contribution in [0.2, 0.25) is 0 Å². The number of rotatable bonds is 3. The van der Waals surface area contributed by atoms with Crippen molar-refractivity contribution in [2.24, 2.45) is 17.8 Å². The van der Waals surface area contributed by atoms with Crippen LogP contribution in [0.15, 0.2) is 23.6 Å². The Balaban J connectivity index is 1.25. The van der Waals surface area contributed by atoms with Gasteiger partial charge >= 0.3 is 0 Å². The van der Waals surface area contributed by atoms with E-state index in [0.717, 1.165) is 40.1 Å². The third kappa shape index (κ3) is 2.43. The first kappa shape index (κ1) is 15.3. The quantitative estimate of drug-likeness (QED) is 0.816. The number of nitrogens with one attached hydrogen (secondary N) is 1. The van der Waals surface area contributed by atoms with E-state index in [4.69, 9.17) is 14.5 Å². The van der Waals surface area contributed by atoms with Gasteiger partial charge in [0.2, 0.25) is 0 Å². The Morgan fingerprint density at radius 1 is 0.962 bits per heavy atom. The Morgan fingerprint density at radius 2 is 1.65 bits per heavy atom. The van der Waals surface area contributed by atoms with Crippen LogP contribution in [0.3, 0.4) is 0 Å². The second kappa shape index (κ2) is 5.62. The van der Waals surface area contributed by atoms with Gasteiger partial charge in [-0.05, 0) is 68.4 Å². The lowest BCUT2D eigenvalue weighted by Gasteiger charge is -2.56. The zero-order chi connectivity index (χ0) is 17.1. The highest BCUT2D eigenvalue weighted by atomic mass is 32.1. The largest absolute Gasteiger partial charge is 0.486 e. The van der Waals surface area contributed by atoms with E-state index in [9.17, 15) is 0 Å². The van der Waals surface area contributed by atoms with Gasteiger partial charge in [-0.2, -0.15) is 0 Å². The highest BCUT2D eigenvalue weighted by Crippen LogP contribution is 2.60. The van der Waals surface area contributed by atoms with Crippen LogP contribution in [-0.4, -0.2) is 18.2 Å². The van der Waals surface area contributed by atoms with Crippen molar-refractivity contribution in [1.29, 1.82) is 0 Å². The van der Waals surface area contributed by atoms with Crippen molar-refractivity contribution in [3.63, 3.8) is 0 Å². The van der Waals surface area contributed by atoms with Crippen LogP contribution in [0.4, 0.5) is 10.8 Å². The van der Waals surface area contributed by atoms with Gasteiger partial charge in [0.1, 0.15) is 13.2 Å². The number of thiazole rings is 1. The molecule has 4 saturated carbocycles. The highest BCUT2D eigenvalue weighted by Gasteiger charge is 2.52. The molecular weight excluding hydrogens is 344 g/mol. The summed E-state index contributed by atoms with van der Waals surface area (Å²) in [4.78, 5) is 5.04. The van der Waals surface area contributed by atoms with Crippen LogP contribution in [-0.2, 0) is 5.41 Å². The number of aromatic nitrogens is 1. The maximum absolute atomic E-state index is 5.69. The zero-order valence-electron chi connectivity index (χ0n) is 14.9. The Bertz CT molecular complexity index is 811. The first-order valence-corrected chi connectivity index (χ1v) is 10.8. The van der Waals surface area contributed by atoms with E-state index in [1.54, 1.807) is 11.3 Å². The van der Waals surface area contributed by atoms with Gasteiger partial charge in [0.25, 0.3) is 0 Å². The first-order chi connectivity index (χ1) is 12.8. The molecule has 5 heteroatoms. The van der Waals surface area contributed by atoms with Crippen LogP contribution in [0, 0.1) is 17.8 Å². The van der Waals surface area contributed by atoms with Crippen LogP contribution in [0.25, 0.3) is 0 Å². The summed E-state index contributed by atoms with van der Waals surface area (Å²) < 4.78 is 11.3. The molecule has 7 rings (SSSR count). The van der Waals surface area contributed by atoms with Gasteiger partial charge in [-0.3, -0.25) is 0 Å². The Labute approximate surface area is 157 Å². The number of hydrogen-bond acceptors (Lipinski definition) is 5. The fraction of sp³-hybridized carbons (Fsp3) is 0.571. The van der Waals surface area contributed by atoms with Crippen LogP contribution < -0.4 is 14.8 Å². The topological polar surface area (TPSA) is 43.4 Å². The van der Waals surface area contributed by atoms with Crippen molar-refractivity contribution in [2.45, 2.75) is 43.9 Å². The maximum atomic E-state index is 5.69. The summed E-state index contributed by atoms with van der Waals surface area (Å²) in [6, 6.07) is 6.03. The summed E-state index contributed by atoms with van der Waals surface area (Å²) in [5.41, 5.74) is 2.74. The van der Waals surface area contributed by atoms with Gasteiger partial charge in [0.15, 0.2) is 16.6 Å². The average Bonchev–Trinajstić information content (AvgIpc) is 3.10. The highest BCUT2D eigenvalue weighted by molar-refractivity contribution is 7.13. The third-order valence-electron chi connectivity index (χ3n) is 6.88. The number of anilines is 2. The summed E-state index contributed by atoms with van der Waals surface area (Å²) in [7, 11) is 0. The van der Waals surface area contributed by atoms with Gasteiger partial charge in [-0.25, -0.2) is 4.98 Å². The van der Waals surface area contributed by atoms with Gasteiger partial charge in [-0.1, -0.05) is 0 Å². The van der Waals surface area contributed by atoms with E-state index in [1.807, 2.05) is 18.2 Å². The molecule has 2 heterocycles. The number of fused-ring (bicyclic) bond motifs is 1. The first-order valence-electron chi connectivity index (χ1n) is 9.88. The van der Waals surface area contributed by atoms with E-state index in [-0.39, 0.29) is 0 Å². The molecule has 4 nitrogen and oxygen atoms in total. The summed E-state index contributed by atoms with van der Waals surface area (Å²) in [5, 5.41) is 6.78. The maximum Gasteiger partial charge on any atom is 0.187 e. The molecule has 1 aliphatic heterocycles. The number of hydrogen-bond donors (Lipinski definition) is 1. The number of benzene rings is 1. The fourth-order valence-corrected chi connectivity index (χ4v) is 7.10. The lowest BCUT2D eigenvalue weighted by molar-refractivity contribution is -0.00688. The summed E-state index contributed by atoms with van der Waals surface area (Å²) in [5.74, 6) is 4.51. The Morgan fingerprint density at radius 3 is 2.38 bits per heavy atom. The molecule has 1 aromatic carbocycles. The Kier molecular flexibility index (Phi) is 3.31. The number of ether oxygens (including phenoxy) is 2. The molecule has 4 bridgehead atoms. The monoisotopic (exact) mass is 368 g/mol. The molecule has 0 atom stereocenters. The normalized spacial score (nSPS) is 34.1. The van der Waals surface area contributed by atoms with Gasteiger partial charge in [0.05, 0.1) is 5.69 Å².